The van der Waals surface area contributed by atoms with E-state index < -0.39 is 0 Å². The summed E-state index contributed by atoms with van der Waals surface area (Å²) in [5, 5.41) is 0. The van der Waals surface area contributed by atoms with Crippen molar-refractivity contribution in [2.24, 2.45) is 0 Å². The molecule has 0 saturated carbocycles. The standard InChI is InChI=1S/C13H18O/c1-2-3-7-12-8-4-5-9-13(12)10-6-11-14/h4-5,8-9,11H,2-3,6-7,10H2,1H3. The Morgan fingerprint density at radius 3 is 2.36 bits per heavy atom. The van der Waals surface area contributed by atoms with Gasteiger partial charge in [-0.15, -0.1) is 0 Å². The molecule has 0 N–H and O–H groups in total. The molecule has 0 aliphatic heterocycles. The summed E-state index contributed by atoms with van der Waals surface area (Å²) in [5.74, 6) is 0. The number of carbonyl (C=O) groups excluding carboxylic acids is 1. The number of hydrogen-bond donors (Lipinski definition) is 0. The monoisotopic (exact) mass is 190 g/mol. The van der Waals surface area contributed by atoms with E-state index in [1.165, 1.54) is 24.0 Å². The molecule has 0 fully saturated rings. The third-order valence-corrected chi connectivity index (χ3v) is 2.45. The van der Waals surface area contributed by atoms with E-state index in [2.05, 4.69) is 31.2 Å². The third-order valence-electron chi connectivity index (χ3n) is 2.45. The topological polar surface area (TPSA) is 17.1 Å². The highest BCUT2D eigenvalue weighted by Gasteiger charge is 2.00. The van der Waals surface area contributed by atoms with Crippen LogP contribution >= 0.6 is 0 Å². The summed E-state index contributed by atoms with van der Waals surface area (Å²) in [7, 11) is 0. The maximum Gasteiger partial charge on any atom is 0.120 e. The van der Waals surface area contributed by atoms with E-state index in [4.69, 9.17) is 0 Å². The number of carbonyl (C=O) groups is 1. The number of hydrogen-bond acceptors (Lipinski definition) is 1. The molecule has 1 aromatic rings. The zero-order valence-corrected chi connectivity index (χ0v) is 8.83. The molecular weight excluding hydrogens is 172 g/mol. The highest BCUT2D eigenvalue weighted by atomic mass is 16.1. The number of aryl methyl sites for hydroxylation is 2. The number of benzene rings is 1. The van der Waals surface area contributed by atoms with Gasteiger partial charge in [-0.25, -0.2) is 0 Å². The van der Waals surface area contributed by atoms with Gasteiger partial charge < -0.3 is 4.79 Å². The predicted molar refractivity (Wildman–Crippen MR) is 59.4 cm³/mol. The molecule has 0 amide bonds. The zero-order valence-electron chi connectivity index (χ0n) is 8.83. The van der Waals surface area contributed by atoms with Crippen molar-refractivity contribution in [1.82, 2.24) is 0 Å². The average molecular weight is 190 g/mol. The zero-order chi connectivity index (χ0) is 10.2. The Morgan fingerprint density at radius 2 is 1.79 bits per heavy atom. The first-order chi connectivity index (χ1) is 6.88. The van der Waals surface area contributed by atoms with Crippen LogP contribution in [0, 0.1) is 0 Å². The molecule has 1 rings (SSSR count). The van der Waals surface area contributed by atoms with Crippen LogP contribution in [0.4, 0.5) is 0 Å². The van der Waals surface area contributed by atoms with E-state index >= 15 is 0 Å². The van der Waals surface area contributed by atoms with Gasteiger partial charge in [-0.2, -0.15) is 0 Å². The van der Waals surface area contributed by atoms with Gasteiger partial charge >= 0.3 is 0 Å². The largest absolute Gasteiger partial charge is 0.303 e. The smallest absolute Gasteiger partial charge is 0.120 e. The summed E-state index contributed by atoms with van der Waals surface area (Å²) in [6, 6.07) is 8.44. The third kappa shape index (κ3) is 3.33. The van der Waals surface area contributed by atoms with Crippen molar-refractivity contribution in [3.63, 3.8) is 0 Å². The Morgan fingerprint density at radius 1 is 1.14 bits per heavy atom. The molecule has 0 bridgehead atoms. The lowest BCUT2D eigenvalue weighted by Gasteiger charge is -2.06. The van der Waals surface area contributed by atoms with Crippen LogP contribution in [0.3, 0.4) is 0 Å². The lowest BCUT2D eigenvalue weighted by molar-refractivity contribution is -0.107. The van der Waals surface area contributed by atoms with Crippen molar-refractivity contribution < 1.29 is 4.79 Å². The van der Waals surface area contributed by atoms with Crippen molar-refractivity contribution in [3.05, 3.63) is 35.4 Å². The molecule has 0 aliphatic carbocycles. The van der Waals surface area contributed by atoms with Gasteiger partial charge in [0.2, 0.25) is 0 Å². The fraction of sp³-hybridized carbons (Fsp3) is 0.462. The van der Waals surface area contributed by atoms with Crippen LogP contribution in [0.5, 0.6) is 0 Å². The number of aldehydes is 1. The quantitative estimate of drug-likeness (QED) is 0.630. The predicted octanol–water partition coefficient (Wildman–Crippen LogP) is 3.16. The van der Waals surface area contributed by atoms with E-state index in [-0.39, 0.29) is 0 Å². The molecule has 0 unspecified atom stereocenters. The van der Waals surface area contributed by atoms with Crippen LogP contribution in [0.1, 0.15) is 37.3 Å². The number of rotatable bonds is 6. The Kier molecular flexibility index (Phi) is 4.98. The second kappa shape index (κ2) is 6.36. The minimum atomic E-state index is 0.642. The molecule has 1 aromatic carbocycles. The summed E-state index contributed by atoms with van der Waals surface area (Å²) >= 11 is 0. The van der Waals surface area contributed by atoms with Crippen LogP contribution in [0.2, 0.25) is 0 Å². The Hall–Kier alpha value is -1.11. The first-order valence-corrected chi connectivity index (χ1v) is 5.39. The molecule has 0 atom stereocenters. The van der Waals surface area contributed by atoms with Crippen molar-refractivity contribution in [2.75, 3.05) is 0 Å². The molecule has 0 radical (unpaired) electrons. The Bertz CT molecular complexity index is 278. The molecule has 0 aliphatic rings. The molecule has 76 valence electrons. The second-order valence-corrected chi connectivity index (χ2v) is 3.58. The molecule has 1 heteroatoms. The van der Waals surface area contributed by atoms with E-state index in [1.807, 2.05) is 0 Å². The fourth-order valence-corrected chi connectivity index (χ4v) is 1.63. The van der Waals surface area contributed by atoms with Crippen LogP contribution < -0.4 is 0 Å². The molecule has 0 spiro atoms. The molecule has 0 saturated heterocycles. The molecule has 14 heavy (non-hydrogen) atoms. The lowest BCUT2D eigenvalue weighted by atomic mass is 9.99. The Balaban J connectivity index is 2.64. The minimum Gasteiger partial charge on any atom is -0.303 e. The summed E-state index contributed by atoms with van der Waals surface area (Å²) in [5.41, 5.74) is 2.75. The van der Waals surface area contributed by atoms with Crippen molar-refractivity contribution in [1.29, 1.82) is 0 Å². The lowest BCUT2D eigenvalue weighted by Crippen LogP contribution is -1.94. The summed E-state index contributed by atoms with van der Waals surface area (Å²) in [6.07, 6.45) is 6.13. The highest BCUT2D eigenvalue weighted by Crippen LogP contribution is 2.13. The molecule has 1 nitrogen and oxygen atoms in total. The second-order valence-electron chi connectivity index (χ2n) is 3.58. The molecular formula is C13H18O. The summed E-state index contributed by atoms with van der Waals surface area (Å²) in [6.45, 7) is 2.20. The van der Waals surface area contributed by atoms with Gasteiger partial charge in [-0.05, 0) is 30.4 Å². The van der Waals surface area contributed by atoms with Gasteiger partial charge in [0.25, 0.3) is 0 Å². The van der Waals surface area contributed by atoms with Crippen LogP contribution in [0.25, 0.3) is 0 Å². The van der Waals surface area contributed by atoms with Gasteiger partial charge in [0.05, 0.1) is 0 Å². The van der Waals surface area contributed by atoms with Gasteiger partial charge in [0.15, 0.2) is 0 Å². The SMILES string of the molecule is CCCCc1ccccc1CCC=O. The van der Waals surface area contributed by atoms with Crippen LogP contribution in [0.15, 0.2) is 24.3 Å². The van der Waals surface area contributed by atoms with Crippen molar-refractivity contribution >= 4 is 6.29 Å². The average Bonchev–Trinajstić information content (AvgIpc) is 2.24. The van der Waals surface area contributed by atoms with Crippen LogP contribution in [-0.4, -0.2) is 6.29 Å². The number of unbranched alkanes of at least 4 members (excludes halogenated alkanes) is 1. The maximum absolute atomic E-state index is 10.3. The van der Waals surface area contributed by atoms with Gasteiger partial charge in [0, 0.05) is 6.42 Å². The molecule has 0 heterocycles. The Labute approximate surface area is 86.1 Å². The van der Waals surface area contributed by atoms with E-state index in [0.29, 0.717) is 6.42 Å². The normalized spacial score (nSPS) is 10.1. The van der Waals surface area contributed by atoms with Crippen molar-refractivity contribution in [2.45, 2.75) is 39.0 Å². The van der Waals surface area contributed by atoms with Gasteiger partial charge in [-0.3, -0.25) is 0 Å². The van der Waals surface area contributed by atoms with E-state index in [1.54, 1.807) is 0 Å². The van der Waals surface area contributed by atoms with Crippen LogP contribution in [-0.2, 0) is 17.6 Å². The fourth-order valence-electron chi connectivity index (χ4n) is 1.63. The summed E-state index contributed by atoms with van der Waals surface area (Å²) < 4.78 is 0. The van der Waals surface area contributed by atoms with E-state index in [9.17, 15) is 4.79 Å². The van der Waals surface area contributed by atoms with Crippen molar-refractivity contribution in [3.8, 4) is 0 Å². The summed E-state index contributed by atoms with van der Waals surface area (Å²) in [4.78, 5) is 10.3. The van der Waals surface area contributed by atoms with Gasteiger partial charge in [-0.1, -0.05) is 37.6 Å². The first kappa shape index (κ1) is 11.0. The minimum absolute atomic E-state index is 0.642. The first-order valence-electron chi connectivity index (χ1n) is 5.39. The highest BCUT2D eigenvalue weighted by molar-refractivity contribution is 5.50. The van der Waals surface area contributed by atoms with Gasteiger partial charge in [0.1, 0.15) is 6.29 Å². The molecule has 0 aromatic heterocycles. The maximum atomic E-state index is 10.3. The van der Waals surface area contributed by atoms with E-state index in [0.717, 1.165) is 19.1 Å².